The lowest BCUT2D eigenvalue weighted by molar-refractivity contribution is -0.137. The molecule has 188 valence electrons. The van der Waals surface area contributed by atoms with Gasteiger partial charge in [0.25, 0.3) is 5.91 Å². The smallest absolute Gasteiger partial charge is 0.348 e. The van der Waals surface area contributed by atoms with Crippen LogP contribution in [0.15, 0.2) is 65.5 Å². The summed E-state index contributed by atoms with van der Waals surface area (Å²) in [7, 11) is 0. The van der Waals surface area contributed by atoms with Crippen molar-refractivity contribution < 1.29 is 22.8 Å². The molecular weight excluding hydrogens is 475 g/mol. The number of likely N-dealkylation sites (tertiary alicyclic amines) is 1. The Morgan fingerprint density at radius 2 is 1.69 bits per heavy atom. The van der Waals surface area contributed by atoms with Gasteiger partial charge in [0.15, 0.2) is 5.69 Å². The zero-order chi connectivity index (χ0) is 25.9. The fourth-order valence-corrected chi connectivity index (χ4v) is 3.98. The number of alkyl halides is 3. The number of anilines is 1. The topological polar surface area (TPSA) is 96.3 Å². The van der Waals surface area contributed by atoms with E-state index in [1.54, 1.807) is 17.0 Å². The van der Waals surface area contributed by atoms with Crippen LogP contribution in [0, 0.1) is 6.92 Å². The third-order valence-electron chi connectivity index (χ3n) is 5.88. The fourth-order valence-electron chi connectivity index (χ4n) is 3.98. The second-order valence-electron chi connectivity index (χ2n) is 8.49. The molecule has 3 aromatic rings. The Kier molecular flexibility index (Phi) is 7.09. The predicted molar refractivity (Wildman–Crippen MR) is 127 cm³/mol. The number of nitrogens with zero attached hydrogens (tertiary/aromatic N) is 3. The summed E-state index contributed by atoms with van der Waals surface area (Å²) in [5, 5.41) is 9.65. The maximum atomic E-state index is 13.1. The summed E-state index contributed by atoms with van der Waals surface area (Å²) in [5.41, 5.74) is -0.868. The monoisotopic (exact) mass is 499 g/mol. The molecule has 36 heavy (non-hydrogen) atoms. The lowest BCUT2D eigenvalue weighted by atomic mass is 10.1. The third-order valence-corrected chi connectivity index (χ3v) is 5.88. The first kappa shape index (κ1) is 25.0. The van der Waals surface area contributed by atoms with Crippen LogP contribution in [0.2, 0.25) is 0 Å². The van der Waals surface area contributed by atoms with E-state index in [1.807, 2.05) is 18.2 Å². The Labute approximate surface area is 204 Å². The van der Waals surface area contributed by atoms with E-state index in [1.165, 1.54) is 25.1 Å². The van der Waals surface area contributed by atoms with Crippen LogP contribution in [0.25, 0.3) is 5.69 Å². The van der Waals surface area contributed by atoms with Crippen LogP contribution < -0.4 is 16.1 Å². The number of aromatic nitrogens is 2. The highest BCUT2D eigenvalue weighted by molar-refractivity contribution is 5.92. The fraction of sp³-hybridized carbons (Fsp3) is 0.280. The van der Waals surface area contributed by atoms with E-state index < -0.39 is 28.8 Å². The van der Waals surface area contributed by atoms with Crippen LogP contribution in [0.3, 0.4) is 0 Å². The summed E-state index contributed by atoms with van der Waals surface area (Å²) in [6.07, 6.45) is -3.60. The van der Waals surface area contributed by atoms with Gasteiger partial charge in [-0.15, -0.1) is 0 Å². The zero-order valence-corrected chi connectivity index (χ0v) is 19.4. The maximum absolute atomic E-state index is 13.1. The van der Waals surface area contributed by atoms with Crippen molar-refractivity contribution >= 4 is 17.6 Å². The first-order valence-electron chi connectivity index (χ1n) is 11.3. The number of amides is 3. The number of urea groups is 1. The lowest BCUT2D eigenvalue weighted by Gasteiger charge is -2.32. The first-order chi connectivity index (χ1) is 17.1. The molecule has 4 rings (SSSR count). The van der Waals surface area contributed by atoms with Crippen molar-refractivity contribution in [1.29, 1.82) is 0 Å². The van der Waals surface area contributed by atoms with Gasteiger partial charge in [-0.1, -0.05) is 24.3 Å². The predicted octanol–water partition coefficient (Wildman–Crippen LogP) is 3.99. The number of para-hydroxylation sites is 1. The Bertz CT molecular complexity index is 1320. The Morgan fingerprint density at radius 1 is 1.00 bits per heavy atom. The molecule has 1 aliphatic rings. The van der Waals surface area contributed by atoms with Gasteiger partial charge in [0, 0.05) is 36.6 Å². The quantitative estimate of drug-likeness (QED) is 0.568. The normalized spacial score (nSPS) is 14.4. The van der Waals surface area contributed by atoms with Gasteiger partial charge in [0.2, 0.25) is 5.43 Å². The zero-order valence-electron chi connectivity index (χ0n) is 19.4. The van der Waals surface area contributed by atoms with Gasteiger partial charge < -0.3 is 15.5 Å². The number of halogens is 3. The molecular formula is C25H24F3N5O3. The molecule has 0 spiro atoms. The van der Waals surface area contributed by atoms with Crippen molar-refractivity contribution in [1.82, 2.24) is 20.0 Å². The highest BCUT2D eigenvalue weighted by Gasteiger charge is 2.31. The molecule has 2 aromatic carbocycles. The van der Waals surface area contributed by atoms with Crippen molar-refractivity contribution in [2.45, 2.75) is 32.0 Å². The highest BCUT2D eigenvalue weighted by Crippen LogP contribution is 2.30. The molecule has 1 saturated heterocycles. The summed E-state index contributed by atoms with van der Waals surface area (Å²) in [4.78, 5) is 39.4. The van der Waals surface area contributed by atoms with Gasteiger partial charge in [-0.05, 0) is 50.1 Å². The number of carbonyl (C=O) groups excluding carboxylic acids is 2. The number of carbonyl (C=O) groups is 2. The van der Waals surface area contributed by atoms with Crippen LogP contribution >= 0.6 is 0 Å². The van der Waals surface area contributed by atoms with Crippen LogP contribution in [0.4, 0.5) is 23.7 Å². The molecule has 1 aromatic heterocycles. The van der Waals surface area contributed by atoms with Gasteiger partial charge in [0.05, 0.1) is 11.3 Å². The molecule has 1 aliphatic heterocycles. The average Bonchev–Trinajstić information content (AvgIpc) is 2.84. The summed E-state index contributed by atoms with van der Waals surface area (Å²) in [5.74, 6) is -0.715. The molecule has 0 aliphatic carbocycles. The number of piperidine rings is 1. The van der Waals surface area contributed by atoms with Gasteiger partial charge in [0.1, 0.15) is 0 Å². The number of hydrogen-bond acceptors (Lipinski definition) is 4. The van der Waals surface area contributed by atoms with Crippen molar-refractivity contribution in [3.05, 3.63) is 87.8 Å². The van der Waals surface area contributed by atoms with E-state index in [-0.39, 0.29) is 23.5 Å². The van der Waals surface area contributed by atoms with Gasteiger partial charge in [-0.25, -0.2) is 9.48 Å². The molecule has 1 fully saturated rings. The third kappa shape index (κ3) is 5.73. The lowest BCUT2D eigenvalue weighted by Crippen LogP contribution is -2.48. The van der Waals surface area contributed by atoms with Crippen LogP contribution in [-0.2, 0) is 6.18 Å². The number of nitrogens with one attached hydrogen (secondary N) is 2. The summed E-state index contributed by atoms with van der Waals surface area (Å²) in [6.45, 7) is 2.32. The number of aryl methyl sites for hydroxylation is 1. The van der Waals surface area contributed by atoms with Gasteiger partial charge in [-0.2, -0.15) is 18.3 Å². The van der Waals surface area contributed by atoms with E-state index in [0.717, 1.165) is 16.8 Å². The number of rotatable bonds is 4. The van der Waals surface area contributed by atoms with Crippen molar-refractivity contribution in [3.8, 4) is 5.69 Å². The van der Waals surface area contributed by atoms with Crippen molar-refractivity contribution in [2.24, 2.45) is 0 Å². The molecule has 11 heteroatoms. The second-order valence-corrected chi connectivity index (χ2v) is 8.49. The minimum absolute atomic E-state index is 0.0779. The van der Waals surface area contributed by atoms with Crippen molar-refractivity contribution in [2.75, 3.05) is 18.4 Å². The standard InChI is InChI=1S/C25H24F3N5O3/c1-16-14-21(34)22(31-33(16)20-9-5-6-17(15-20)25(26,27)28)23(35)29-19-10-12-32(13-11-19)24(36)30-18-7-3-2-4-8-18/h2-9,14-15,19H,10-13H2,1H3,(H,29,35)(H,30,36). The van der Waals surface area contributed by atoms with Crippen LogP contribution in [0.5, 0.6) is 0 Å². The SMILES string of the molecule is Cc1cc(=O)c(C(=O)NC2CCN(C(=O)Nc3ccccc3)CC2)nn1-c1cccc(C(F)(F)F)c1. The van der Waals surface area contributed by atoms with Crippen LogP contribution in [0.1, 0.15) is 34.6 Å². The van der Waals surface area contributed by atoms with Crippen molar-refractivity contribution in [3.63, 3.8) is 0 Å². The van der Waals surface area contributed by atoms with Gasteiger partial charge in [-0.3, -0.25) is 9.59 Å². The molecule has 0 atom stereocenters. The summed E-state index contributed by atoms with van der Waals surface area (Å²) < 4.78 is 40.5. The Balaban J connectivity index is 1.43. The molecule has 0 bridgehead atoms. The molecule has 0 unspecified atom stereocenters. The van der Waals surface area contributed by atoms with E-state index >= 15 is 0 Å². The Morgan fingerprint density at radius 3 is 2.36 bits per heavy atom. The molecule has 0 saturated carbocycles. The number of benzene rings is 2. The summed E-state index contributed by atoms with van der Waals surface area (Å²) >= 11 is 0. The van der Waals surface area contributed by atoms with Crippen LogP contribution in [-0.4, -0.2) is 45.8 Å². The molecule has 3 amide bonds. The molecule has 2 N–H and O–H groups in total. The highest BCUT2D eigenvalue weighted by atomic mass is 19.4. The summed E-state index contributed by atoms with van der Waals surface area (Å²) in [6, 6.07) is 14.2. The van der Waals surface area contributed by atoms with E-state index in [4.69, 9.17) is 0 Å². The largest absolute Gasteiger partial charge is 0.416 e. The van der Waals surface area contributed by atoms with Gasteiger partial charge >= 0.3 is 12.2 Å². The number of hydrogen-bond donors (Lipinski definition) is 2. The minimum atomic E-state index is -4.55. The minimum Gasteiger partial charge on any atom is -0.348 e. The Hall–Kier alpha value is -4.15. The maximum Gasteiger partial charge on any atom is 0.416 e. The van der Waals surface area contributed by atoms with E-state index in [9.17, 15) is 27.6 Å². The molecule has 2 heterocycles. The van der Waals surface area contributed by atoms with E-state index in [2.05, 4.69) is 15.7 Å². The second kappa shape index (κ2) is 10.2. The average molecular weight is 499 g/mol. The van der Waals surface area contributed by atoms with E-state index in [0.29, 0.717) is 31.6 Å². The first-order valence-corrected chi connectivity index (χ1v) is 11.3. The molecule has 8 nitrogen and oxygen atoms in total. The molecule has 0 radical (unpaired) electrons.